The monoisotopic (exact) mass is 254 g/mol. The SMILES string of the molecule is CCCC(CC(=O)OCC)OC(=O)/C(C#N)=C\N. The van der Waals surface area contributed by atoms with Gasteiger partial charge in [0, 0.05) is 6.20 Å². The van der Waals surface area contributed by atoms with Gasteiger partial charge < -0.3 is 15.2 Å². The number of carbonyl (C=O) groups excluding carboxylic acids is 2. The van der Waals surface area contributed by atoms with Gasteiger partial charge in [0.1, 0.15) is 12.2 Å². The van der Waals surface area contributed by atoms with E-state index in [1.165, 1.54) is 0 Å². The molecule has 0 aliphatic rings. The molecule has 0 fully saturated rings. The first-order valence-electron chi connectivity index (χ1n) is 5.77. The summed E-state index contributed by atoms with van der Waals surface area (Å²) < 4.78 is 9.82. The van der Waals surface area contributed by atoms with Crippen LogP contribution in [0.3, 0.4) is 0 Å². The second-order valence-electron chi connectivity index (χ2n) is 3.52. The van der Waals surface area contributed by atoms with E-state index in [9.17, 15) is 9.59 Å². The van der Waals surface area contributed by atoms with Crippen LogP contribution in [0.25, 0.3) is 0 Å². The third kappa shape index (κ3) is 5.89. The Morgan fingerprint density at radius 3 is 2.56 bits per heavy atom. The minimum atomic E-state index is -0.817. The lowest BCUT2D eigenvalue weighted by molar-refractivity contribution is -0.152. The van der Waals surface area contributed by atoms with Gasteiger partial charge in [0.15, 0.2) is 5.57 Å². The zero-order valence-electron chi connectivity index (χ0n) is 10.6. The van der Waals surface area contributed by atoms with E-state index in [1.54, 1.807) is 13.0 Å². The van der Waals surface area contributed by atoms with Crippen molar-refractivity contribution in [2.24, 2.45) is 5.73 Å². The summed E-state index contributed by atoms with van der Waals surface area (Å²) in [4.78, 5) is 22.8. The fourth-order valence-corrected chi connectivity index (χ4v) is 1.30. The maximum Gasteiger partial charge on any atom is 0.350 e. The van der Waals surface area contributed by atoms with Gasteiger partial charge in [0.05, 0.1) is 13.0 Å². The van der Waals surface area contributed by atoms with E-state index < -0.39 is 18.0 Å². The molecule has 0 aromatic rings. The Hall–Kier alpha value is -2.03. The molecule has 18 heavy (non-hydrogen) atoms. The van der Waals surface area contributed by atoms with Crippen molar-refractivity contribution in [3.05, 3.63) is 11.8 Å². The minimum absolute atomic E-state index is 0.0172. The van der Waals surface area contributed by atoms with Crippen molar-refractivity contribution in [1.29, 1.82) is 5.26 Å². The first kappa shape index (κ1) is 16.0. The molecule has 6 nitrogen and oxygen atoms in total. The molecule has 0 radical (unpaired) electrons. The molecule has 0 aliphatic carbocycles. The van der Waals surface area contributed by atoms with Crippen LogP contribution in [0.5, 0.6) is 0 Å². The quantitative estimate of drug-likeness (QED) is 0.413. The molecule has 1 atom stereocenters. The summed E-state index contributed by atoms with van der Waals surface area (Å²) in [5.41, 5.74) is 4.83. The lowest BCUT2D eigenvalue weighted by Gasteiger charge is -2.15. The molecule has 0 heterocycles. The van der Waals surface area contributed by atoms with Gasteiger partial charge >= 0.3 is 11.9 Å². The molecule has 1 unspecified atom stereocenters. The Morgan fingerprint density at radius 2 is 2.11 bits per heavy atom. The zero-order valence-corrected chi connectivity index (χ0v) is 10.6. The van der Waals surface area contributed by atoms with Crippen molar-refractivity contribution < 1.29 is 19.1 Å². The number of nitriles is 1. The normalized spacial score (nSPS) is 12.4. The summed E-state index contributed by atoms with van der Waals surface area (Å²) in [6, 6.07) is 1.62. The minimum Gasteiger partial charge on any atom is -0.466 e. The van der Waals surface area contributed by atoms with Gasteiger partial charge in [-0.1, -0.05) is 13.3 Å². The van der Waals surface area contributed by atoms with E-state index in [-0.39, 0.29) is 18.6 Å². The molecule has 0 bridgehead atoms. The molecule has 0 aromatic heterocycles. The molecule has 0 saturated heterocycles. The maximum atomic E-state index is 11.5. The van der Waals surface area contributed by atoms with Crippen LogP contribution in [0.4, 0.5) is 0 Å². The highest BCUT2D eigenvalue weighted by molar-refractivity contribution is 5.92. The van der Waals surface area contributed by atoms with Crippen LogP contribution in [0.15, 0.2) is 11.8 Å². The number of carbonyl (C=O) groups is 2. The van der Waals surface area contributed by atoms with Crippen LogP contribution >= 0.6 is 0 Å². The maximum absolute atomic E-state index is 11.5. The third-order valence-electron chi connectivity index (χ3n) is 2.09. The highest BCUT2D eigenvalue weighted by atomic mass is 16.6. The molecular weight excluding hydrogens is 236 g/mol. The fourth-order valence-electron chi connectivity index (χ4n) is 1.30. The van der Waals surface area contributed by atoms with Crippen molar-refractivity contribution in [1.82, 2.24) is 0 Å². The van der Waals surface area contributed by atoms with E-state index in [4.69, 9.17) is 20.5 Å². The van der Waals surface area contributed by atoms with Crippen LogP contribution in [0.2, 0.25) is 0 Å². The van der Waals surface area contributed by atoms with Gasteiger partial charge in [0.2, 0.25) is 0 Å². The number of nitrogens with two attached hydrogens (primary N) is 1. The Morgan fingerprint density at radius 1 is 1.44 bits per heavy atom. The first-order chi connectivity index (χ1) is 8.58. The predicted octanol–water partition coefficient (Wildman–Crippen LogP) is 1.02. The number of esters is 2. The third-order valence-corrected chi connectivity index (χ3v) is 2.09. The number of hydrogen-bond donors (Lipinski definition) is 1. The second-order valence-corrected chi connectivity index (χ2v) is 3.52. The standard InChI is InChI=1S/C12H18N2O4/c1-3-5-10(6-11(15)17-4-2)18-12(16)9(7-13)8-14/h7,10H,3-6,13H2,1-2H3/b9-7-. The molecule has 0 amide bonds. The van der Waals surface area contributed by atoms with Crippen LogP contribution in [-0.4, -0.2) is 24.6 Å². The van der Waals surface area contributed by atoms with Gasteiger partial charge in [-0.2, -0.15) is 5.26 Å². The van der Waals surface area contributed by atoms with E-state index in [1.807, 2.05) is 6.92 Å². The van der Waals surface area contributed by atoms with E-state index in [2.05, 4.69) is 0 Å². The summed E-state index contributed by atoms with van der Waals surface area (Å²) in [6.07, 6.45) is 1.54. The smallest absolute Gasteiger partial charge is 0.350 e. The fraction of sp³-hybridized carbons (Fsp3) is 0.583. The van der Waals surface area contributed by atoms with Gasteiger partial charge in [-0.3, -0.25) is 4.79 Å². The molecule has 0 saturated carbocycles. The Balaban J connectivity index is 4.49. The summed E-state index contributed by atoms with van der Waals surface area (Å²) in [5, 5.41) is 8.61. The molecule has 0 spiro atoms. The molecule has 0 aliphatic heterocycles. The van der Waals surface area contributed by atoms with Gasteiger partial charge in [-0.05, 0) is 13.3 Å². The molecular formula is C12H18N2O4. The summed E-state index contributed by atoms with van der Waals surface area (Å²) in [6.45, 7) is 3.87. The largest absolute Gasteiger partial charge is 0.466 e. The van der Waals surface area contributed by atoms with E-state index >= 15 is 0 Å². The number of hydrogen-bond acceptors (Lipinski definition) is 6. The van der Waals surface area contributed by atoms with Crippen LogP contribution in [0, 0.1) is 11.3 Å². The molecule has 0 aromatic carbocycles. The zero-order chi connectivity index (χ0) is 14.0. The Labute approximate surface area is 106 Å². The summed E-state index contributed by atoms with van der Waals surface area (Å²) in [7, 11) is 0. The number of nitrogens with zero attached hydrogens (tertiary/aromatic N) is 1. The van der Waals surface area contributed by atoms with Gasteiger partial charge in [0.25, 0.3) is 0 Å². The van der Waals surface area contributed by atoms with Gasteiger partial charge in [-0.15, -0.1) is 0 Å². The van der Waals surface area contributed by atoms with Crippen LogP contribution < -0.4 is 5.73 Å². The van der Waals surface area contributed by atoms with Crippen molar-refractivity contribution in [2.45, 2.75) is 39.2 Å². The first-order valence-corrected chi connectivity index (χ1v) is 5.77. The lowest BCUT2D eigenvalue weighted by atomic mass is 10.1. The molecule has 100 valence electrons. The van der Waals surface area contributed by atoms with Gasteiger partial charge in [-0.25, -0.2) is 4.79 Å². The summed E-state index contributed by atoms with van der Waals surface area (Å²) >= 11 is 0. The Bertz CT molecular complexity index is 358. The summed E-state index contributed by atoms with van der Waals surface area (Å²) in [5.74, 6) is -1.25. The van der Waals surface area contributed by atoms with Crippen molar-refractivity contribution in [2.75, 3.05) is 6.61 Å². The van der Waals surface area contributed by atoms with Crippen molar-refractivity contribution in [3.8, 4) is 6.07 Å². The van der Waals surface area contributed by atoms with E-state index in [0.29, 0.717) is 6.42 Å². The van der Waals surface area contributed by atoms with Crippen molar-refractivity contribution >= 4 is 11.9 Å². The highest BCUT2D eigenvalue weighted by Gasteiger charge is 2.20. The highest BCUT2D eigenvalue weighted by Crippen LogP contribution is 2.10. The lowest BCUT2D eigenvalue weighted by Crippen LogP contribution is -2.23. The average molecular weight is 254 g/mol. The second kappa shape index (κ2) is 9.05. The molecule has 6 heteroatoms. The van der Waals surface area contributed by atoms with Crippen LogP contribution in [-0.2, 0) is 19.1 Å². The molecule has 2 N–H and O–H groups in total. The molecule has 0 rings (SSSR count). The number of ether oxygens (including phenoxy) is 2. The van der Waals surface area contributed by atoms with E-state index in [0.717, 1.165) is 12.6 Å². The number of rotatable bonds is 7. The van der Waals surface area contributed by atoms with Crippen molar-refractivity contribution in [3.63, 3.8) is 0 Å². The van der Waals surface area contributed by atoms with Crippen LogP contribution in [0.1, 0.15) is 33.1 Å². The average Bonchev–Trinajstić information content (AvgIpc) is 2.31. The topological polar surface area (TPSA) is 102 Å². The predicted molar refractivity (Wildman–Crippen MR) is 63.9 cm³/mol. The Kier molecular flexibility index (Phi) is 8.03.